The molecule has 0 unspecified atom stereocenters. The monoisotopic (exact) mass is 475 g/mol. The molecule has 0 radical (unpaired) electrons. The van der Waals surface area contributed by atoms with Gasteiger partial charge in [0.2, 0.25) is 0 Å². The molecule has 1 saturated heterocycles. The second kappa shape index (κ2) is 11.8. The highest BCUT2D eigenvalue weighted by Crippen LogP contribution is 2.31. The Morgan fingerprint density at radius 2 is 1.83 bits per heavy atom. The van der Waals surface area contributed by atoms with Crippen LogP contribution in [-0.4, -0.2) is 41.6 Å². The van der Waals surface area contributed by atoms with E-state index in [0.29, 0.717) is 6.61 Å². The lowest BCUT2D eigenvalue weighted by atomic mass is 9.98. The van der Waals surface area contributed by atoms with E-state index in [0.717, 1.165) is 75.6 Å². The maximum atomic E-state index is 13.3. The van der Waals surface area contributed by atoms with Gasteiger partial charge in [-0.2, -0.15) is 0 Å². The van der Waals surface area contributed by atoms with Crippen molar-refractivity contribution >= 4 is 16.8 Å². The highest BCUT2D eigenvalue weighted by molar-refractivity contribution is 5.99. The number of piperidine rings is 1. The quantitative estimate of drug-likeness (QED) is 0.491. The Hall–Kier alpha value is -2.79. The van der Waals surface area contributed by atoms with Gasteiger partial charge in [-0.1, -0.05) is 32.9 Å². The SMILES string of the molecule is CC.CCOc1ccc(Cn2c3c(c4cc(C(=O)N5CCC(C)CC5)ccc42)CNCCC3)cc1. The molecule has 0 saturated carbocycles. The van der Waals surface area contributed by atoms with Crippen LogP contribution in [0, 0.1) is 5.92 Å². The van der Waals surface area contributed by atoms with E-state index in [1.807, 2.05) is 31.7 Å². The molecule has 3 aromatic rings. The fourth-order valence-electron chi connectivity index (χ4n) is 5.30. The number of nitrogens with one attached hydrogen (secondary N) is 1. The van der Waals surface area contributed by atoms with Gasteiger partial charge in [-0.15, -0.1) is 0 Å². The highest BCUT2D eigenvalue weighted by Gasteiger charge is 2.24. The molecule has 35 heavy (non-hydrogen) atoms. The Morgan fingerprint density at radius 1 is 1.09 bits per heavy atom. The van der Waals surface area contributed by atoms with Crippen molar-refractivity contribution in [3.63, 3.8) is 0 Å². The number of benzene rings is 2. The Bertz CT molecular complexity index is 1120. The summed E-state index contributed by atoms with van der Waals surface area (Å²) in [6.45, 7) is 13.4. The van der Waals surface area contributed by atoms with Gasteiger partial charge in [0.25, 0.3) is 5.91 Å². The second-order valence-corrected chi connectivity index (χ2v) is 9.58. The van der Waals surface area contributed by atoms with Gasteiger partial charge in [-0.05, 0) is 86.5 Å². The maximum absolute atomic E-state index is 13.3. The van der Waals surface area contributed by atoms with E-state index in [1.165, 1.54) is 27.7 Å². The van der Waals surface area contributed by atoms with Gasteiger partial charge in [-0.25, -0.2) is 0 Å². The largest absolute Gasteiger partial charge is 0.494 e. The molecule has 1 fully saturated rings. The summed E-state index contributed by atoms with van der Waals surface area (Å²) in [4.78, 5) is 15.3. The molecule has 1 amide bonds. The zero-order chi connectivity index (χ0) is 24.8. The number of carbonyl (C=O) groups is 1. The number of nitrogens with zero attached hydrogens (tertiary/aromatic N) is 2. The van der Waals surface area contributed by atoms with E-state index in [4.69, 9.17) is 4.74 Å². The topological polar surface area (TPSA) is 46.5 Å². The van der Waals surface area contributed by atoms with Crippen LogP contribution < -0.4 is 10.1 Å². The number of hydrogen-bond donors (Lipinski definition) is 1. The molecule has 2 aliphatic heterocycles. The van der Waals surface area contributed by atoms with Crippen molar-refractivity contribution in [3.8, 4) is 5.75 Å². The standard InChI is InChI=1S/C28H35N3O2.C2H6/c1-3-33-23-9-6-21(7-10-23)19-31-26-5-4-14-29-18-25(26)24-17-22(8-11-27(24)31)28(32)30-15-12-20(2)13-16-30;1-2/h6-11,17,20,29H,3-5,12-16,18-19H2,1-2H3;1-2H3. The number of amides is 1. The van der Waals surface area contributed by atoms with Crippen molar-refractivity contribution in [1.82, 2.24) is 14.8 Å². The molecule has 5 nitrogen and oxygen atoms in total. The zero-order valence-corrected chi connectivity index (χ0v) is 21.9. The van der Waals surface area contributed by atoms with Crippen molar-refractivity contribution in [1.29, 1.82) is 0 Å². The van der Waals surface area contributed by atoms with Gasteiger partial charge in [0.15, 0.2) is 0 Å². The molecule has 0 spiro atoms. The summed E-state index contributed by atoms with van der Waals surface area (Å²) in [6.07, 6.45) is 4.39. The Labute approximate surface area is 210 Å². The molecule has 0 bridgehead atoms. The van der Waals surface area contributed by atoms with E-state index in [9.17, 15) is 4.79 Å². The Balaban J connectivity index is 0.00000141. The average Bonchev–Trinajstić information content (AvgIpc) is 3.03. The van der Waals surface area contributed by atoms with E-state index in [2.05, 4.69) is 53.2 Å². The normalized spacial score (nSPS) is 16.3. The summed E-state index contributed by atoms with van der Waals surface area (Å²) in [5.74, 6) is 1.81. The first-order chi connectivity index (χ1) is 17.1. The van der Waals surface area contributed by atoms with Gasteiger partial charge in [0.05, 0.1) is 6.61 Å². The summed E-state index contributed by atoms with van der Waals surface area (Å²) in [5.41, 5.74) is 6.07. The molecule has 188 valence electrons. The van der Waals surface area contributed by atoms with Crippen LogP contribution in [0.4, 0.5) is 0 Å². The molecule has 1 aromatic heterocycles. The van der Waals surface area contributed by atoms with Gasteiger partial charge < -0.3 is 19.5 Å². The smallest absolute Gasteiger partial charge is 0.253 e. The number of rotatable bonds is 5. The number of ether oxygens (including phenoxy) is 1. The van der Waals surface area contributed by atoms with Gasteiger partial charge >= 0.3 is 0 Å². The van der Waals surface area contributed by atoms with Crippen molar-refractivity contribution in [2.24, 2.45) is 5.92 Å². The van der Waals surface area contributed by atoms with Crippen LogP contribution in [0.15, 0.2) is 42.5 Å². The lowest BCUT2D eigenvalue weighted by molar-refractivity contribution is 0.0697. The Kier molecular flexibility index (Phi) is 8.50. The number of aromatic nitrogens is 1. The lowest BCUT2D eigenvalue weighted by Gasteiger charge is -2.30. The number of likely N-dealkylation sites (tertiary alicyclic amines) is 1. The van der Waals surface area contributed by atoms with Crippen LogP contribution in [0.25, 0.3) is 10.9 Å². The first-order valence-corrected chi connectivity index (χ1v) is 13.5. The van der Waals surface area contributed by atoms with Crippen LogP contribution in [0.3, 0.4) is 0 Å². The summed E-state index contributed by atoms with van der Waals surface area (Å²) in [7, 11) is 0. The third-order valence-corrected chi connectivity index (χ3v) is 7.25. The van der Waals surface area contributed by atoms with Gasteiger partial charge in [-0.3, -0.25) is 4.79 Å². The third-order valence-electron chi connectivity index (χ3n) is 7.25. The van der Waals surface area contributed by atoms with Crippen molar-refractivity contribution < 1.29 is 9.53 Å². The first-order valence-electron chi connectivity index (χ1n) is 13.5. The molecule has 0 atom stereocenters. The van der Waals surface area contributed by atoms with Crippen LogP contribution in [0.5, 0.6) is 5.75 Å². The third kappa shape index (κ3) is 5.56. The molecular weight excluding hydrogens is 434 g/mol. The summed E-state index contributed by atoms with van der Waals surface area (Å²) >= 11 is 0. The highest BCUT2D eigenvalue weighted by atomic mass is 16.5. The molecule has 0 aliphatic carbocycles. The van der Waals surface area contributed by atoms with E-state index in [1.54, 1.807) is 0 Å². The maximum Gasteiger partial charge on any atom is 0.253 e. The summed E-state index contributed by atoms with van der Waals surface area (Å²) in [6, 6.07) is 14.8. The predicted molar refractivity (Wildman–Crippen MR) is 144 cm³/mol. The van der Waals surface area contributed by atoms with Crippen LogP contribution in [0.1, 0.15) is 74.1 Å². The summed E-state index contributed by atoms with van der Waals surface area (Å²) < 4.78 is 8.08. The second-order valence-electron chi connectivity index (χ2n) is 9.58. The van der Waals surface area contributed by atoms with Crippen molar-refractivity contribution in [3.05, 3.63) is 64.8 Å². The molecule has 3 heterocycles. The van der Waals surface area contributed by atoms with Gasteiger partial charge in [0.1, 0.15) is 5.75 Å². The van der Waals surface area contributed by atoms with E-state index < -0.39 is 0 Å². The first kappa shape index (κ1) is 25.3. The molecule has 2 aromatic carbocycles. The van der Waals surface area contributed by atoms with Crippen molar-refractivity contribution in [2.45, 2.75) is 66.5 Å². The lowest BCUT2D eigenvalue weighted by Crippen LogP contribution is -2.37. The average molecular weight is 476 g/mol. The van der Waals surface area contributed by atoms with E-state index in [-0.39, 0.29) is 5.91 Å². The predicted octanol–water partition coefficient (Wildman–Crippen LogP) is 6.02. The number of carbonyl (C=O) groups excluding carboxylic acids is 1. The minimum atomic E-state index is 0.179. The molecule has 2 aliphatic rings. The number of hydrogen-bond acceptors (Lipinski definition) is 3. The minimum Gasteiger partial charge on any atom is -0.494 e. The Morgan fingerprint density at radius 3 is 2.54 bits per heavy atom. The summed E-state index contributed by atoms with van der Waals surface area (Å²) in [5, 5.41) is 4.81. The fourth-order valence-corrected chi connectivity index (χ4v) is 5.30. The molecule has 5 rings (SSSR count). The van der Waals surface area contributed by atoms with Crippen LogP contribution in [0.2, 0.25) is 0 Å². The van der Waals surface area contributed by atoms with Crippen LogP contribution >= 0.6 is 0 Å². The van der Waals surface area contributed by atoms with Gasteiger partial charge in [0, 0.05) is 48.3 Å². The molecule has 1 N–H and O–H groups in total. The molecule has 5 heteroatoms. The minimum absolute atomic E-state index is 0.179. The zero-order valence-electron chi connectivity index (χ0n) is 21.9. The fraction of sp³-hybridized carbons (Fsp3) is 0.500. The van der Waals surface area contributed by atoms with Crippen LogP contribution in [-0.2, 0) is 19.5 Å². The molecular formula is C30H41N3O2. The number of fused-ring (bicyclic) bond motifs is 3. The van der Waals surface area contributed by atoms with Crippen molar-refractivity contribution in [2.75, 3.05) is 26.2 Å². The van der Waals surface area contributed by atoms with E-state index >= 15 is 0 Å².